The van der Waals surface area contributed by atoms with Crippen molar-refractivity contribution in [2.24, 2.45) is 5.92 Å². The van der Waals surface area contributed by atoms with Crippen LogP contribution in [0.3, 0.4) is 0 Å². The van der Waals surface area contributed by atoms with E-state index in [9.17, 15) is 10.2 Å². The second kappa shape index (κ2) is 7.04. The van der Waals surface area contributed by atoms with Crippen LogP contribution in [0.1, 0.15) is 36.5 Å². The quantitative estimate of drug-likeness (QED) is 0.855. The van der Waals surface area contributed by atoms with E-state index in [1.54, 1.807) is 0 Å². The summed E-state index contributed by atoms with van der Waals surface area (Å²) in [6.07, 6.45) is 2.68. The van der Waals surface area contributed by atoms with Crippen molar-refractivity contribution in [1.82, 2.24) is 4.90 Å². The predicted octanol–water partition coefficient (Wildman–Crippen LogP) is 2.12. The van der Waals surface area contributed by atoms with E-state index in [2.05, 4.69) is 11.8 Å². The third kappa shape index (κ3) is 4.30. The average molecular weight is 263 g/mol. The summed E-state index contributed by atoms with van der Waals surface area (Å²) in [5.74, 6) is 0.422. The molecular weight excluding hydrogens is 238 g/mol. The van der Waals surface area contributed by atoms with Crippen LogP contribution in [0.4, 0.5) is 0 Å². The minimum Gasteiger partial charge on any atom is -0.396 e. The second-order valence-electron chi connectivity index (χ2n) is 5.71. The van der Waals surface area contributed by atoms with E-state index in [4.69, 9.17) is 0 Å². The molecule has 1 aliphatic rings. The monoisotopic (exact) mass is 263 g/mol. The molecule has 19 heavy (non-hydrogen) atoms. The molecule has 0 radical (unpaired) electrons. The molecule has 1 fully saturated rings. The van der Waals surface area contributed by atoms with Gasteiger partial charge in [0.15, 0.2) is 0 Å². The second-order valence-corrected chi connectivity index (χ2v) is 5.71. The lowest BCUT2D eigenvalue weighted by Gasteiger charge is -2.32. The minimum absolute atomic E-state index is 0.289. The van der Waals surface area contributed by atoms with Crippen LogP contribution < -0.4 is 0 Å². The molecule has 3 heteroatoms. The molecule has 2 N–H and O–H groups in total. The first-order chi connectivity index (χ1) is 9.19. The number of hydrogen-bond donors (Lipinski definition) is 2. The maximum atomic E-state index is 10.2. The zero-order chi connectivity index (χ0) is 13.7. The third-order valence-corrected chi connectivity index (χ3v) is 4.04. The van der Waals surface area contributed by atoms with Crippen molar-refractivity contribution in [1.29, 1.82) is 0 Å². The number of hydrogen-bond acceptors (Lipinski definition) is 3. The van der Waals surface area contributed by atoms with Gasteiger partial charge in [0.2, 0.25) is 0 Å². The summed E-state index contributed by atoms with van der Waals surface area (Å²) in [6, 6.07) is 8.10. The van der Waals surface area contributed by atoms with Gasteiger partial charge in [-0.25, -0.2) is 0 Å². The molecule has 3 nitrogen and oxygen atoms in total. The molecule has 2 rings (SSSR count). The Labute approximate surface area is 115 Å². The van der Waals surface area contributed by atoms with Crippen LogP contribution in [-0.4, -0.2) is 41.4 Å². The Morgan fingerprint density at radius 2 is 2.05 bits per heavy atom. The van der Waals surface area contributed by atoms with Crippen LogP contribution in [0, 0.1) is 12.8 Å². The molecular formula is C16H25NO2. The van der Waals surface area contributed by atoms with Gasteiger partial charge >= 0.3 is 0 Å². The molecule has 1 heterocycles. The van der Waals surface area contributed by atoms with E-state index in [1.807, 2.05) is 24.3 Å². The summed E-state index contributed by atoms with van der Waals surface area (Å²) in [5.41, 5.74) is 2.22. The van der Waals surface area contributed by atoms with Gasteiger partial charge in [-0.05, 0) is 44.2 Å². The number of rotatable bonds is 5. The van der Waals surface area contributed by atoms with Crippen LogP contribution in [0.15, 0.2) is 24.3 Å². The van der Waals surface area contributed by atoms with Crippen LogP contribution in [0.5, 0.6) is 0 Å². The number of nitrogens with zero attached hydrogens (tertiary/aromatic N) is 1. The zero-order valence-electron chi connectivity index (χ0n) is 11.8. The lowest BCUT2D eigenvalue weighted by atomic mass is 9.98. The van der Waals surface area contributed by atoms with E-state index in [0.29, 0.717) is 5.92 Å². The lowest BCUT2D eigenvalue weighted by Crippen LogP contribution is -2.37. The van der Waals surface area contributed by atoms with Gasteiger partial charge in [-0.1, -0.05) is 29.8 Å². The van der Waals surface area contributed by atoms with Crippen LogP contribution in [0.25, 0.3) is 0 Å². The number of aryl methyl sites for hydroxylation is 1. The number of aliphatic hydroxyl groups is 2. The summed E-state index contributed by atoms with van der Waals surface area (Å²) in [5, 5.41) is 19.4. The molecule has 0 amide bonds. The van der Waals surface area contributed by atoms with Crippen molar-refractivity contribution in [3.8, 4) is 0 Å². The number of likely N-dealkylation sites (tertiary alicyclic amines) is 1. The molecule has 1 saturated heterocycles. The maximum absolute atomic E-state index is 10.2. The largest absolute Gasteiger partial charge is 0.396 e. The molecule has 0 saturated carbocycles. The van der Waals surface area contributed by atoms with Gasteiger partial charge in [0, 0.05) is 19.7 Å². The minimum atomic E-state index is -0.380. The molecule has 0 aliphatic carbocycles. The summed E-state index contributed by atoms with van der Waals surface area (Å²) in [4.78, 5) is 2.36. The van der Waals surface area contributed by atoms with Crippen molar-refractivity contribution in [2.75, 3.05) is 26.2 Å². The first-order valence-electron chi connectivity index (χ1n) is 7.27. The fourth-order valence-electron chi connectivity index (χ4n) is 2.76. The average Bonchev–Trinajstić information content (AvgIpc) is 2.46. The van der Waals surface area contributed by atoms with E-state index in [-0.39, 0.29) is 12.7 Å². The van der Waals surface area contributed by atoms with Crippen molar-refractivity contribution in [3.63, 3.8) is 0 Å². The Morgan fingerprint density at radius 1 is 1.32 bits per heavy atom. The van der Waals surface area contributed by atoms with E-state index < -0.39 is 0 Å². The van der Waals surface area contributed by atoms with Crippen molar-refractivity contribution in [2.45, 2.75) is 32.3 Å². The first kappa shape index (κ1) is 14.5. The van der Waals surface area contributed by atoms with Gasteiger partial charge in [-0.2, -0.15) is 0 Å². The highest BCUT2D eigenvalue weighted by atomic mass is 16.3. The number of piperidine rings is 1. The Balaban J connectivity index is 1.79. The van der Waals surface area contributed by atoms with E-state index >= 15 is 0 Å². The van der Waals surface area contributed by atoms with Crippen molar-refractivity contribution in [3.05, 3.63) is 35.4 Å². The maximum Gasteiger partial charge on any atom is 0.0802 e. The van der Waals surface area contributed by atoms with Crippen molar-refractivity contribution < 1.29 is 10.2 Å². The molecule has 2 atom stereocenters. The summed E-state index contributed by atoms with van der Waals surface area (Å²) in [6.45, 7) is 5.32. The highest BCUT2D eigenvalue weighted by Crippen LogP contribution is 2.20. The molecule has 106 valence electrons. The molecule has 0 aromatic heterocycles. The Hall–Kier alpha value is -0.900. The van der Waals surface area contributed by atoms with Crippen LogP contribution in [-0.2, 0) is 0 Å². The van der Waals surface area contributed by atoms with Crippen molar-refractivity contribution >= 4 is 0 Å². The fraction of sp³-hybridized carbons (Fsp3) is 0.625. The molecule has 1 aromatic carbocycles. The predicted molar refractivity (Wildman–Crippen MR) is 77.0 cm³/mol. The number of benzene rings is 1. The molecule has 1 aromatic rings. The molecule has 0 bridgehead atoms. The van der Waals surface area contributed by atoms with Gasteiger partial charge in [-0.3, -0.25) is 0 Å². The first-order valence-corrected chi connectivity index (χ1v) is 7.27. The normalized spacial score (nSPS) is 22.4. The smallest absolute Gasteiger partial charge is 0.0802 e. The lowest BCUT2D eigenvalue weighted by molar-refractivity contribution is 0.0962. The van der Waals surface area contributed by atoms with Crippen LogP contribution in [0.2, 0.25) is 0 Å². The van der Waals surface area contributed by atoms with E-state index in [0.717, 1.165) is 44.5 Å². The van der Waals surface area contributed by atoms with Gasteiger partial charge in [0.05, 0.1) is 6.10 Å². The van der Waals surface area contributed by atoms with Gasteiger partial charge < -0.3 is 15.1 Å². The summed E-state index contributed by atoms with van der Waals surface area (Å²) < 4.78 is 0. The van der Waals surface area contributed by atoms with Gasteiger partial charge in [0.1, 0.15) is 0 Å². The third-order valence-electron chi connectivity index (χ3n) is 4.04. The Kier molecular flexibility index (Phi) is 5.37. The summed E-state index contributed by atoms with van der Waals surface area (Å²) in [7, 11) is 0. The standard InChI is InChI=1S/C16H25NO2/c1-13-4-6-15(7-5-13)16(19)8-10-17-9-2-3-14(11-17)12-18/h4-7,14,16,18-19H,2-3,8-12H2,1H3. The summed E-state index contributed by atoms with van der Waals surface area (Å²) >= 11 is 0. The highest BCUT2D eigenvalue weighted by Gasteiger charge is 2.19. The SMILES string of the molecule is Cc1ccc(C(O)CCN2CCCC(CO)C2)cc1. The Morgan fingerprint density at radius 3 is 2.74 bits per heavy atom. The fourth-order valence-corrected chi connectivity index (χ4v) is 2.76. The van der Waals surface area contributed by atoms with Gasteiger partial charge in [-0.15, -0.1) is 0 Å². The van der Waals surface area contributed by atoms with E-state index in [1.165, 1.54) is 5.56 Å². The highest BCUT2D eigenvalue weighted by molar-refractivity contribution is 5.23. The molecule has 0 spiro atoms. The molecule has 1 aliphatic heterocycles. The zero-order valence-corrected chi connectivity index (χ0v) is 11.8. The molecule has 2 unspecified atom stereocenters. The number of aliphatic hydroxyl groups excluding tert-OH is 2. The van der Waals surface area contributed by atoms with Crippen LogP contribution >= 0.6 is 0 Å². The Bertz CT molecular complexity index is 377. The topological polar surface area (TPSA) is 43.7 Å². The van der Waals surface area contributed by atoms with Gasteiger partial charge in [0.25, 0.3) is 0 Å².